The Bertz CT molecular complexity index is 1260. The number of benzene rings is 1. The molecular formula is C18H14ClF3N2O5S2. The molecular weight excluding hydrogens is 481 g/mol. The highest BCUT2D eigenvalue weighted by atomic mass is 35.5. The number of ether oxygens (including phenoxy) is 1. The van der Waals surface area contributed by atoms with Crippen molar-refractivity contribution >= 4 is 49.2 Å². The molecule has 0 spiro atoms. The number of hydrogen-bond donors (Lipinski definition) is 0. The Labute approximate surface area is 183 Å². The summed E-state index contributed by atoms with van der Waals surface area (Å²) in [6.07, 6.45) is 0.944. The number of aryl methyl sites for hydroxylation is 1. The van der Waals surface area contributed by atoms with E-state index in [9.17, 15) is 26.4 Å². The number of pyridine rings is 1. The molecule has 7 nitrogen and oxygen atoms in total. The molecule has 0 amide bonds. The minimum absolute atomic E-state index is 0.0284. The van der Waals surface area contributed by atoms with Gasteiger partial charge in [-0.15, -0.1) is 11.3 Å². The number of carbonyl (C=O) groups excluding carboxylic acids is 1. The molecule has 0 unspecified atom stereocenters. The fraction of sp³-hybridized carbons (Fsp3) is 0.278. The summed E-state index contributed by atoms with van der Waals surface area (Å²) in [5.41, 5.74) is -4.66. The molecule has 13 heteroatoms. The fourth-order valence-corrected chi connectivity index (χ4v) is 4.45. The van der Waals surface area contributed by atoms with Gasteiger partial charge in [0.05, 0.1) is 23.2 Å². The maximum absolute atomic E-state index is 13.0. The van der Waals surface area contributed by atoms with Gasteiger partial charge in [-0.1, -0.05) is 11.6 Å². The van der Waals surface area contributed by atoms with Crippen LogP contribution in [0.4, 0.5) is 13.2 Å². The molecule has 0 saturated carbocycles. The molecule has 166 valence electrons. The molecule has 0 N–H and O–H groups in total. The lowest BCUT2D eigenvalue weighted by Gasteiger charge is -2.15. The first-order valence-electron chi connectivity index (χ1n) is 8.64. The molecule has 0 aliphatic rings. The van der Waals surface area contributed by atoms with Crippen molar-refractivity contribution in [3.8, 4) is 16.3 Å². The van der Waals surface area contributed by atoms with Gasteiger partial charge in [0.1, 0.15) is 10.2 Å². The molecule has 0 aliphatic heterocycles. The zero-order chi connectivity index (χ0) is 23.0. The average molecular weight is 495 g/mol. The number of hydrogen-bond acceptors (Lipinski definition) is 8. The summed E-state index contributed by atoms with van der Waals surface area (Å²) in [5, 5.41) is 0.522. The first kappa shape index (κ1) is 23.2. The molecule has 0 bridgehead atoms. The molecule has 31 heavy (non-hydrogen) atoms. The maximum Gasteiger partial charge on any atom is 0.534 e. The van der Waals surface area contributed by atoms with Gasteiger partial charge in [-0.3, -0.25) is 4.79 Å². The highest BCUT2D eigenvalue weighted by molar-refractivity contribution is 7.88. The van der Waals surface area contributed by atoms with Crippen LogP contribution in [0.1, 0.15) is 18.1 Å². The highest BCUT2D eigenvalue weighted by Gasteiger charge is 2.49. The first-order chi connectivity index (χ1) is 14.4. The van der Waals surface area contributed by atoms with Crippen LogP contribution in [-0.4, -0.2) is 36.5 Å². The molecule has 0 atom stereocenters. The molecule has 3 rings (SSSR count). The minimum atomic E-state index is -6.00. The largest absolute Gasteiger partial charge is 0.534 e. The van der Waals surface area contributed by atoms with Crippen molar-refractivity contribution in [3.05, 3.63) is 40.7 Å². The Kier molecular flexibility index (Phi) is 6.44. The lowest BCUT2D eigenvalue weighted by atomic mass is 10.0. The average Bonchev–Trinajstić information content (AvgIpc) is 3.07. The van der Waals surface area contributed by atoms with Gasteiger partial charge in [0.25, 0.3) is 0 Å². The van der Waals surface area contributed by atoms with Crippen LogP contribution in [-0.2, 0) is 26.1 Å². The van der Waals surface area contributed by atoms with Gasteiger partial charge in [0.15, 0.2) is 5.75 Å². The predicted molar refractivity (Wildman–Crippen MR) is 109 cm³/mol. The van der Waals surface area contributed by atoms with E-state index in [1.165, 1.54) is 25.3 Å². The second-order valence-electron chi connectivity index (χ2n) is 6.20. The zero-order valence-electron chi connectivity index (χ0n) is 16.0. The second-order valence-corrected chi connectivity index (χ2v) is 9.12. The highest BCUT2D eigenvalue weighted by Crippen LogP contribution is 2.42. The molecule has 2 aromatic heterocycles. The molecule has 0 fully saturated rings. The number of esters is 1. The van der Waals surface area contributed by atoms with E-state index in [1.807, 2.05) is 0 Å². The summed E-state index contributed by atoms with van der Waals surface area (Å²) < 4.78 is 71.9. The van der Waals surface area contributed by atoms with E-state index >= 15 is 0 Å². The summed E-state index contributed by atoms with van der Waals surface area (Å²) >= 11 is 6.78. The van der Waals surface area contributed by atoms with Crippen LogP contribution in [0.15, 0.2) is 24.4 Å². The molecule has 0 saturated heterocycles. The lowest BCUT2D eigenvalue weighted by Crippen LogP contribution is -2.28. The van der Waals surface area contributed by atoms with Crippen LogP contribution in [0.3, 0.4) is 0 Å². The monoisotopic (exact) mass is 494 g/mol. The molecule has 2 heterocycles. The van der Waals surface area contributed by atoms with Crippen molar-refractivity contribution < 1.29 is 35.3 Å². The van der Waals surface area contributed by atoms with Gasteiger partial charge in [-0.05, 0) is 37.6 Å². The summed E-state index contributed by atoms with van der Waals surface area (Å²) in [6.45, 7) is 3.11. The van der Waals surface area contributed by atoms with E-state index in [2.05, 4.69) is 14.2 Å². The maximum atomic E-state index is 13.0. The topological polar surface area (TPSA) is 95.4 Å². The van der Waals surface area contributed by atoms with Crippen molar-refractivity contribution in [2.75, 3.05) is 6.61 Å². The van der Waals surface area contributed by atoms with E-state index < -0.39 is 33.8 Å². The zero-order valence-corrected chi connectivity index (χ0v) is 18.4. The van der Waals surface area contributed by atoms with Crippen molar-refractivity contribution in [1.82, 2.24) is 9.97 Å². The van der Waals surface area contributed by atoms with Gasteiger partial charge in [0.2, 0.25) is 0 Å². The van der Waals surface area contributed by atoms with Crippen molar-refractivity contribution in [3.63, 3.8) is 0 Å². The van der Waals surface area contributed by atoms with Gasteiger partial charge in [0, 0.05) is 17.3 Å². The van der Waals surface area contributed by atoms with E-state index in [-0.39, 0.29) is 27.5 Å². The Morgan fingerprint density at radius 2 is 2.00 bits per heavy atom. The number of thiazole rings is 1. The van der Waals surface area contributed by atoms with Crippen LogP contribution in [0.25, 0.3) is 20.8 Å². The van der Waals surface area contributed by atoms with Crippen LogP contribution in [0, 0.1) is 6.92 Å². The summed E-state index contributed by atoms with van der Waals surface area (Å²) in [4.78, 5) is 20.2. The van der Waals surface area contributed by atoms with E-state index in [0.717, 1.165) is 11.3 Å². The Hall–Kier alpha value is -2.44. The third-order valence-electron chi connectivity index (χ3n) is 4.04. The smallest absolute Gasteiger partial charge is 0.466 e. The molecule has 0 radical (unpaired) electrons. The standard InChI is InChI=1S/C18H14ClF3N2O5S2/c1-3-28-14(25)8-11-9(2)6-12-16(15(11)29-31(26,27)18(20,21)22)30-17(24-12)10-4-5-23-13(19)7-10/h4-7H,3,8H2,1-2H3. The van der Waals surface area contributed by atoms with E-state index in [1.54, 1.807) is 13.0 Å². The number of halogens is 4. The normalized spacial score (nSPS) is 12.2. The predicted octanol–water partition coefficient (Wildman–Crippen LogP) is 4.65. The molecule has 1 aromatic carbocycles. The third-order valence-corrected chi connectivity index (χ3v) is 6.32. The Balaban J connectivity index is 2.24. The van der Waals surface area contributed by atoms with Crippen molar-refractivity contribution in [2.45, 2.75) is 25.8 Å². The van der Waals surface area contributed by atoms with Crippen LogP contribution in [0.5, 0.6) is 5.75 Å². The Morgan fingerprint density at radius 1 is 1.29 bits per heavy atom. The van der Waals surface area contributed by atoms with Crippen molar-refractivity contribution in [1.29, 1.82) is 0 Å². The number of fused-ring (bicyclic) bond motifs is 1. The molecule has 0 aliphatic carbocycles. The van der Waals surface area contributed by atoms with Gasteiger partial charge >= 0.3 is 21.6 Å². The van der Waals surface area contributed by atoms with Crippen LogP contribution in [0.2, 0.25) is 5.15 Å². The summed E-state index contributed by atoms with van der Waals surface area (Å²) in [7, 11) is -6.00. The SMILES string of the molecule is CCOC(=O)Cc1c(C)cc2nc(-c3ccnc(Cl)c3)sc2c1OS(=O)(=O)C(F)(F)F. The number of alkyl halides is 3. The number of carbonyl (C=O) groups is 1. The third kappa shape index (κ3) is 4.91. The number of rotatable bonds is 6. The lowest BCUT2D eigenvalue weighted by molar-refractivity contribution is -0.142. The summed E-state index contributed by atoms with van der Waals surface area (Å²) in [5.74, 6) is -1.35. The van der Waals surface area contributed by atoms with E-state index in [0.29, 0.717) is 16.1 Å². The van der Waals surface area contributed by atoms with E-state index in [4.69, 9.17) is 16.3 Å². The van der Waals surface area contributed by atoms with Gasteiger partial charge in [-0.2, -0.15) is 21.6 Å². The van der Waals surface area contributed by atoms with Crippen LogP contribution >= 0.6 is 22.9 Å². The number of aromatic nitrogens is 2. The van der Waals surface area contributed by atoms with Gasteiger partial charge in [-0.25, -0.2) is 9.97 Å². The quantitative estimate of drug-likeness (QED) is 0.213. The Morgan fingerprint density at radius 3 is 2.61 bits per heavy atom. The first-order valence-corrected chi connectivity index (χ1v) is 11.2. The van der Waals surface area contributed by atoms with Crippen LogP contribution < -0.4 is 4.18 Å². The van der Waals surface area contributed by atoms with Crippen molar-refractivity contribution in [2.24, 2.45) is 0 Å². The minimum Gasteiger partial charge on any atom is -0.466 e. The molecule has 3 aromatic rings. The fourth-order valence-electron chi connectivity index (χ4n) is 2.68. The number of nitrogens with zero attached hydrogens (tertiary/aromatic N) is 2. The summed E-state index contributed by atoms with van der Waals surface area (Å²) in [6, 6.07) is 4.61. The van der Waals surface area contributed by atoms with Gasteiger partial charge < -0.3 is 8.92 Å². The second kappa shape index (κ2) is 8.60.